The Morgan fingerprint density at radius 2 is 2.31 bits per heavy atom. The maximum Gasteiger partial charge on any atom is 0.267 e. The Bertz CT molecular complexity index is 367. The number of halogens is 1. The Morgan fingerprint density at radius 3 is 3.06 bits per heavy atom. The van der Waals surface area contributed by atoms with Crippen LogP contribution >= 0.6 is 15.9 Å². The van der Waals surface area contributed by atoms with Crippen LogP contribution in [0.5, 0.6) is 0 Å². The number of H-pyrrole nitrogens is 1. The maximum atomic E-state index is 11.2. The van der Waals surface area contributed by atoms with E-state index in [1.54, 1.807) is 7.11 Å². The molecule has 5 nitrogen and oxygen atoms in total. The molecule has 0 atom stereocenters. The van der Waals surface area contributed by atoms with Crippen molar-refractivity contribution in [2.75, 3.05) is 25.6 Å². The van der Waals surface area contributed by atoms with Crippen LogP contribution in [0.2, 0.25) is 0 Å². The van der Waals surface area contributed by atoms with E-state index in [2.05, 4.69) is 31.2 Å². The van der Waals surface area contributed by atoms with Crippen LogP contribution in [0.15, 0.2) is 15.6 Å². The van der Waals surface area contributed by atoms with Gasteiger partial charge in [-0.25, -0.2) is 4.98 Å². The molecule has 0 amide bonds. The molecule has 0 aliphatic carbocycles. The van der Waals surface area contributed by atoms with Gasteiger partial charge in [-0.2, -0.15) is 0 Å². The fraction of sp³-hybridized carbons (Fsp3) is 0.600. The van der Waals surface area contributed by atoms with Crippen molar-refractivity contribution in [3.05, 3.63) is 21.2 Å². The molecule has 0 saturated heterocycles. The molecular formula is C10H16BrN3O2. The van der Waals surface area contributed by atoms with Crippen molar-refractivity contribution in [2.24, 2.45) is 0 Å². The van der Waals surface area contributed by atoms with Crippen LogP contribution in [0.25, 0.3) is 0 Å². The average Bonchev–Trinajstić information content (AvgIpc) is 2.29. The molecule has 0 saturated carbocycles. The summed E-state index contributed by atoms with van der Waals surface area (Å²) in [5.41, 5.74) is -0.170. The highest BCUT2D eigenvalue weighted by Gasteiger charge is 2.03. The van der Waals surface area contributed by atoms with Crippen molar-refractivity contribution >= 4 is 21.7 Å². The minimum absolute atomic E-state index is 0.170. The minimum Gasteiger partial charge on any atom is -0.385 e. The fourth-order valence-electron chi connectivity index (χ4n) is 1.26. The van der Waals surface area contributed by atoms with Crippen LogP contribution in [0.3, 0.4) is 0 Å². The van der Waals surface area contributed by atoms with Crippen molar-refractivity contribution < 1.29 is 4.74 Å². The molecule has 6 heteroatoms. The third-order valence-corrected chi connectivity index (χ3v) is 2.85. The molecule has 1 heterocycles. The summed E-state index contributed by atoms with van der Waals surface area (Å²) >= 11 is 3.19. The van der Waals surface area contributed by atoms with Crippen molar-refractivity contribution in [1.82, 2.24) is 9.97 Å². The summed E-state index contributed by atoms with van der Waals surface area (Å²) < 4.78 is 5.41. The average molecular weight is 290 g/mol. The van der Waals surface area contributed by atoms with E-state index < -0.39 is 0 Å². The highest BCUT2D eigenvalue weighted by Crippen LogP contribution is 2.12. The minimum atomic E-state index is -0.170. The number of methoxy groups -OCH3 is 1. The van der Waals surface area contributed by atoms with E-state index in [9.17, 15) is 4.79 Å². The smallest absolute Gasteiger partial charge is 0.267 e. The molecule has 16 heavy (non-hydrogen) atoms. The zero-order chi connectivity index (χ0) is 11.8. The van der Waals surface area contributed by atoms with Gasteiger partial charge in [-0.05, 0) is 35.2 Å². The van der Waals surface area contributed by atoms with E-state index in [-0.39, 0.29) is 5.56 Å². The molecule has 90 valence electrons. The third-order valence-electron chi connectivity index (χ3n) is 2.11. The van der Waals surface area contributed by atoms with Gasteiger partial charge in [-0.15, -0.1) is 0 Å². The van der Waals surface area contributed by atoms with E-state index in [4.69, 9.17) is 4.74 Å². The summed E-state index contributed by atoms with van der Waals surface area (Å²) in [7, 11) is 1.70. The SMILES string of the molecule is COCCCCCNc1nc[nH]c(=O)c1Br. The Hall–Kier alpha value is -0.880. The van der Waals surface area contributed by atoms with Gasteiger partial charge in [0.2, 0.25) is 0 Å². The predicted molar refractivity (Wildman–Crippen MR) is 66.8 cm³/mol. The van der Waals surface area contributed by atoms with E-state index in [1.807, 2.05) is 0 Å². The molecule has 0 fully saturated rings. The van der Waals surface area contributed by atoms with Gasteiger partial charge >= 0.3 is 0 Å². The summed E-state index contributed by atoms with van der Waals surface area (Å²) in [6.45, 7) is 1.60. The van der Waals surface area contributed by atoms with Gasteiger partial charge in [0, 0.05) is 20.3 Å². The first-order valence-electron chi connectivity index (χ1n) is 5.21. The Kier molecular flexibility index (Phi) is 6.10. The van der Waals surface area contributed by atoms with Gasteiger partial charge in [0.05, 0.1) is 6.33 Å². The first kappa shape index (κ1) is 13.2. The lowest BCUT2D eigenvalue weighted by atomic mass is 10.2. The second kappa shape index (κ2) is 7.40. The van der Waals surface area contributed by atoms with Crippen molar-refractivity contribution in [3.63, 3.8) is 0 Å². The number of hydrogen-bond acceptors (Lipinski definition) is 4. The summed E-state index contributed by atoms with van der Waals surface area (Å²) in [5, 5.41) is 3.11. The quantitative estimate of drug-likeness (QED) is 0.751. The van der Waals surface area contributed by atoms with E-state index in [1.165, 1.54) is 6.33 Å². The third kappa shape index (κ3) is 4.32. The number of rotatable bonds is 7. The zero-order valence-corrected chi connectivity index (χ0v) is 10.8. The molecule has 0 unspecified atom stereocenters. The number of unbranched alkanes of at least 4 members (excludes halogenated alkanes) is 2. The van der Waals surface area contributed by atoms with Gasteiger partial charge in [-0.1, -0.05) is 0 Å². The number of aromatic amines is 1. The lowest BCUT2D eigenvalue weighted by molar-refractivity contribution is 0.192. The Labute approximate surface area is 103 Å². The van der Waals surface area contributed by atoms with Gasteiger partial charge in [0.1, 0.15) is 10.3 Å². The molecule has 0 bridgehead atoms. The van der Waals surface area contributed by atoms with Gasteiger partial charge in [0.15, 0.2) is 0 Å². The maximum absolute atomic E-state index is 11.2. The topological polar surface area (TPSA) is 67.0 Å². The number of nitrogens with zero attached hydrogens (tertiary/aromatic N) is 1. The molecule has 1 rings (SSSR count). The largest absolute Gasteiger partial charge is 0.385 e. The van der Waals surface area contributed by atoms with Crippen LogP contribution in [-0.4, -0.2) is 30.2 Å². The van der Waals surface area contributed by atoms with E-state index in [0.717, 1.165) is 32.4 Å². The summed E-state index contributed by atoms with van der Waals surface area (Å²) in [4.78, 5) is 17.7. The zero-order valence-electron chi connectivity index (χ0n) is 9.25. The first-order valence-corrected chi connectivity index (χ1v) is 6.01. The molecule has 0 aliphatic heterocycles. The number of ether oxygens (including phenoxy) is 1. The molecule has 1 aromatic rings. The first-order chi connectivity index (χ1) is 7.75. The normalized spacial score (nSPS) is 10.4. The summed E-state index contributed by atoms with van der Waals surface area (Å²) in [6, 6.07) is 0. The standard InChI is InChI=1S/C10H16BrN3O2/c1-16-6-4-2-3-5-12-9-8(11)10(15)14-7-13-9/h7H,2-6H2,1H3,(H2,12,13,14,15). The summed E-state index contributed by atoms with van der Waals surface area (Å²) in [5.74, 6) is 0.593. The molecule has 0 aliphatic rings. The summed E-state index contributed by atoms with van der Waals surface area (Å²) in [6.07, 6.45) is 4.58. The monoisotopic (exact) mass is 289 g/mol. The molecule has 0 spiro atoms. The van der Waals surface area contributed by atoms with Crippen LogP contribution < -0.4 is 10.9 Å². The van der Waals surface area contributed by atoms with E-state index >= 15 is 0 Å². The van der Waals surface area contributed by atoms with Crippen LogP contribution in [0.1, 0.15) is 19.3 Å². The lowest BCUT2D eigenvalue weighted by Gasteiger charge is -2.06. The number of hydrogen-bond donors (Lipinski definition) is 2. The Balaban J connectivity index is 2.27. The molecule has 1 aromatic heterocycles. The van der Waals surface area contributed by atoms with Crippen LogP contribution in [0.4, 0.5) is 5.82 Å². The predicted octanol–water partition coefficient (Wildman–Crippen LogP) is 1.76. The second-order valence-corrected chi connectivity index (χ2v) is 4.17. The van der Waals surface area contributed by atoms with E-state index in [0.29, 0.717) is 10.3 Å². The molecule has 0 aromatic carbocycles. The van der Waals surface area contributed by atoms with Gasteiger partial charge < -0.3 is 15.0 Å². The molecular weight excluding hydrogens is 274 g/mol. The van der Waals surface area contributed by atoms with Gasteiger partial charge in [0.25, 0.3) is 5.56 Å². The van der Waals surface area contributed by atoms with Crippen molar-refractivity contribution in [2.45, 2.75) is 19.3 Å². The van der Waals surface area contributed by atoms with Crippen molar-refractivity contribution in [1.29, 1.82) is 0 Å². The lowest BCUT2D eigenvalue weighted by Crippen LogP contribution is -2.12. The van der Waals surface area contributed by atoms with Crippen molar-refractivity contribution in [3.8, 4) is 0 Å². The molecule has 2 N–H and O–H groups in total. The number of aromatic nitrogens is 2. The Morgan fingerprint density at radius 1 is 1.50 bits per heavy atom. The van der Waals surface area contributed by atoms with Crippen LogP contribution in [0, 0.1) is 0 Å². The fourth-order valence-corrected chi connectivity index (χ4v) is 1.62. The number of anilines is 1. The van der Waals surface area contributed by atoms with Gasteiger partial charge in [-0.3, -0.25) is 4.79 Å². The van der Waals surface area contributed by atoms with Crippen LogP contribution in [-0.2, 0) is 4.74 Å². The second-order valence-electron chi connectivity index (χ2n) is 3.37. The highest BCUT2D eigenvalue weighted by molar-refractivity contribution is 9.10. The molecule has 0 radical (unpaired) electrons. The number of nitrogens with one attached hydrogen (secondary N) is 2. The highest BCUT2D eigenvalue weighted by atomic mass is 79.9.